The Bertz CT molecular complexity index is 253. The van der Waals surface area contributed by atoms with Gasteiger partial charge in [0.2, 0.25) is 0 Å². The van der Waals surface area contributed by atoms with E-state index in [1.165, 1.54) is 0 Å². The lowest BCUT2D eigenvalue weighted by molar-refractivity contribution is 0.520. The second kappa shape index (κ2) is 2.93. The van der Waals surface area contributed by atoms with E-state index in [1.807, 2.05) is 24.3 Å². The standard InChI is InChI=1S/C8H11BrN2/c1-8(10,11)6-3-2-4-7(9)5-6/h2-5H,10-11H2,1H3. The molecule has 0 aliphatic carbocycles. The highest BCUT2D eigenvalue weighted by Crippen LogP contribution is 2.16. The predicted molar refractivity (Wildman–Crippen MR) is 49.9 cm³/mol. The topological polar surface area (TPSA) is 52.0 Å². The molecule has 1 aromatic rings. The van der Waals surface area contributed by atoms with Crippen molar-refractivity contribution < 1.29 is 0 Å². The summed E-state index contributed by atoms with van der Waals surface area (Å²) >= 11 is 3.34. The van der Waals surface area contributed by atoms with Crippen LogP contribution in [0.1, 0.15) is 12.5 Å². The Labute approximate surface area is 74.7 Å². The highest BCUT2D eigenvalue weighted by molar-refractivity contribution is 9.10. The zero-order valence-corrected chi connectivity index (χ0v) is 7.93. The van der Waals surface area contributed by atoms with Gasteiger partial charge in [-0.15, -0.1) is 0 Å². The summed E-state index contributed by atoms with van der Waals surface area (Å²) in [6.45, 7) is 1.77. The summed E-state index contributed by atoms with van der Waals surface area (Å²) in [6.07, 6.45) is 0. The quantitative estimate of drug-likeness (QED) is 0.698. The summed E-state index contributed by atoms with van der Waals surface area (Å²) in [5.41, 5.74) is 11.5. The Morgan fingerprint density at radius 1 is 1.36 bits per heavy atom. The van der Waals surface area contributed by atoms with Crippen LogP contribution in [0.2, 0.25) is 0 Å². The van der Waals surface area contributed by atoms with Crippen molar-refractivity contribution in [3.05, 3.63) is 34.3 Å². The number of hydrogen-bond acceptors (Lipinski definition) is 2. The van der Waals surface area contributed by atoms with Crippen LogP contribution in [-0.4, -0.2) is 0 Å². The zero-order valence-electron chi connectivity index (χ0n) is 6.34. The van der Waals surface area contributed by atoms with Gasteiger partial charge in [0.25, 0.3) is 0 Å². The van der Waals surface area contributed by atoms with Gasteiger partial charge in [0.15, 0.2) is 0 Å². The first kappa shape index (κ1) is 8.71. The van der Waals surface area contributed by atoms with Crippen LogP contribution in [0.5, 0.6) is 0 Å². The van der Waals surface area contributed by atoms with Gasteiger partial charge < -0.3 is 11.5 Å². The molecule has 0 spiro atoms. The molecule has 60 valence electrons. The maximum atomic E-state index is 5.68. The number of halogens is 1. The first-order valence-corrected chi connectivity index (χ1v) is 4.13. The van der Waals surface area contributed by atoms with Crippen molar-refractivity contribution in [2.75, 3.05) is 0 Å². The Hall–Kier alpha value is -0.380. The highest BCUT2D eigenvalue weighted by atomic mass is 79.9. The van der Waals surface area contributed by atoms with Crippen LogP contribution in [0.3, 0.4) is 0 Å². The summed E-state index contributed by atoms with van der Waals surface area (Å²) < 4.78 is 0.997. The Kier molecular flexibility index (Phi) is 2.32. The van der Waals surface area contributed by atoms with Gasteiger partial charge in [-0.05, 0) is 24.6 Å². The fourth-order valence-corrected chi connectivity index (χ4v) is 1.22. The second-order valence-corrected chi connectivity index (χ2v) is 3.71. The fraction of sp³-hybridized carbons (Fsp3) is 0.250. The Morgan fingerprint density at radius 2 is 2.00 bits per heavy atom. The van der Waals surface area contributed by atoms with E-state index in [4.69, 9.17) is 11.5 Å². The average molecular weight is 215 g/mol. The maximum absolute atomic E-state index is 5.68. The van der Waals surface area contributed by atoms with Gasteiger partial charge in [-0.25, -0.2) is 0 Å². The normalized spacial score (nSPS) is 11.6. The predicted octanol–water partition coefficient (Wildman–Crippen LogP) is 1.54. The van der Waals surface area contributed by atoms with E-state index in [1.54, 1.807) is 6.92 Å². The molecule has 11 heavy (non-hydrogen) atoms. The molecule has 0 heterocycles. The summed E-state index contributed by atoms with van der Waals surface area (Å²) in [4.78, 5) is 0. The zero-order chi connectivity index (χ0) is 8.48. The van der Waals surface area contributed by atoms with Crippen molar-refractivity contribution in [1.82, 2.24) is 0 Å². The molecule has 0 amide bonds. The molecule has 0 aliphatic rings. The maximum Gasteiger partial charge on any atom is 0.0870 e. The van der Waals surface area contributed by atoms with Crippen LogP contribution in [0.4, 0.5) is 0 Å². The molecule has 0 saturated carbocycles. The lowest BCUT2D eigenvalue weighted by atomic mass is 10.0. The molecule has 4 N–H and O–H groups in total. The lowest BCUT2D eigenvalue weighted by Gasteiger charge is -2.18. The Balaban J connectivity index is 3.06. The number of nitrogens with two attached hydrogens (primary N) is 2. The molecular weight excluding hydrogens is 204 g/mol. The molecule has 0 fully saturated rings. The lowest BCUT2D eigenvalue weighted by Crippen LogP contribution is -2.42. The Morgan fingerprint density at radius 3 is 2.36 bits per heavy atom. The molecule has 0 saturated heterocycles. The van der Waals surface area contributed by atoms with E-state index in [9.17, 15) is 0 Å². The van der Waals surface area contributed by atoms with E-state index in [-0.39, 0.29) is 0 Å². The molecule has 0 atom stereocenters. The number of benzene rings is 1. The molecule has 0 aromatic heterocycles. The molecule has 1 aromatic carbocycles. The van der Waals surface area contributed by atoms with Crippen LogP contribution < -0.4 is 11.5 Å². The van der Waals surface area contributed by atoms with E-state index in [2.05, 4.69) is 15.9 Å². The average Bonchev–Trinajstić information content (AvgIpc) is 1.86. The number of rotatable bonds is 1. The van der Waals surface area contributed by atoms with Gasteiger partial charge in [0.05, 0.1) is 5.66 Å². The van der Waals surface area contributed by atoms with Crippen molar-refractivity contribution >= 4 is 15.9 Å². The minimum absolute atomic E-state index is 0.746. The monoisotopic (exact) mass is 214 g/mol. The van der Waals surface area contributed by atoms with E-state index < -0.39 is 5.66 Å². The van der Waals surface area contributed by atoms with Crippen molar-refractivity contribution in [3.63, 3.8) is 0 Å². The summed E-state index contributed by atoms with van der Waals surface area (Å²) in [6, 6.07) is 7.68. The van der Waals surface area contributed by atoms with Gasteiger partial charge in [-0.1, -0.05) is 28.1 Å². The molecule has 1 rings (SSSR count). The van der Waals surface area contributed by atoms with Crippen molar-refractivity contribution in [1.29, 1.82) is 0 Å². The number of hydrogen-bond donors (Lipinski definition) is 2. The minimum Gasteiger partial charge on any atom is -0.310 e. The fourth-order valence-electron chi connectivity index (χ4n) is 0.824. The smallest absolute Gasteiger partial charge is 0.0870 e. The van der Waals surface area contributed by atoms with Gasteiger partial charge >= 0.3 is 0 Å². The van der Waals surface area contributed by atoms with Crippen LogP contribution in [0.15, 0.2) is 28.7 Å². The van der Waals surface area contributed by atoms with Crippen LogP contribution in [-0.2, 0) is 5.66 Å². The molecule has 0 radical (unpaired) electrons. The molecule has 3 heteroatoms. The highest BCUT2D eigenvalue weighted by Gasteiger charge is 2.13. The molecule has 2 nitrogen and oxygen atoms in total. The first-order valence-electron chi connectivity index (χ1n) is 3.34. The molecular formula is C8H11BrN2. The largest absolute Gasteiger partial charge is 0.310 e. The van der Waals surface area contributed by atoms with Crippen LogP contribution in [0.25, 0.3) is 0 Å². The summed E-state index contributed by atoms with van der Waals surface area (Å²) in [5.74, 6) is 0. The van der Waals surface area contributed by atoms with E-state index >= 15 is 0 Å². The van der Waals surface area contributed by atoms with Crippen LogP contribution >= 0.6 is 15.9 Å². The third-order valence-corrected chi connectivity index (χ3v) is 1.94. The SMILES string of the molecule is CC(N)(N)c1cccc(Br)c1. The van der Waals surface area contributed by atoms with E-state index in [0.29, 0.717) is 0 Å². The van der Waals surface area contributed by atoms with Crippen LogP contribution in [0, 0.1) is 0 Å². The van der Waals surface area contributed by atoms with E-state index in [0.717, 1.165) is 10.0 Å². The van der Waals surface area contributed by atoms with Gasteiger partial charge in [-0.3, -0.25) is 0 Å². The van der Waals surface area contributed by atoms with Gasteiger partial charge in [0.1, 0.15) is 0 Å². The van der Waals surface area contributed by atoms with Crippen molar-refractivity contribution in [3.8, 4) is 0 Å². The van der Waals surface area contributed by atoms with Gasteiger partial charge in [-0.2, -0.15) is 0 Å². The third-order valence-electron chi connectivity index (χ3n) is 1.45. The second-order valence-electron chi connectivity index (χ2n) is 2.79. The molecule has 0 unspecified atom stereocenters. The molecule has 0 aliphatic heterocycles. The van der Waals surface area contributed by atoms with Crippen molar-refractivity contribution in [2.24, 2.45) is 11.5 Å². The third kappa shape index (κ3) is 2.29. The summed E-state index contributed by atoms with van der Waals surface area (Å²) in [7, 11) is 0. The van der Waals surface area contributed by atoms with Gasteiger partial charge in [0, 0.05) is 4.47 Å². The first-order chi connectivity index (χ1) is 5.00. The summed E-state index contributed by atoms with van der Waals surface area (Å²) in [5, 5.41) is 0. The van der Waals surface area contributed by atoms with Crippen molar-refractivity contribution in [2.45, 2.75) is 12.6 Å². The minimum atomic E-state index is -0.746. The molecule has 0 bridgehead atoms.